The molecule has 33 heavy (non-hydrogen) atoms. The molecule has 166 valence electrons. The van der Waals surface area contributed by atoms with Crippen LogP contribution in [0, 0.1) is 6.92 Å². The third-order valence-electron chi connectivity index (χ3n) is 5.70. The van der Waals surface area contributed by atoms with E-state index in [1.54, 1.807) is 25.1 Å². The lowest BCUT2D eigenvalue weighted by Crippen LogP contribution is -2.25. The number of benzene rings is 2. The molecule has 9 heteroatoms. The molecular weight excluding hydrogens is 420 g/mol. The largest absolute Gasteiger partial charge is 0.497 e. The second-order valence-electron chi connectivity index (χ2n) is 7.71. The summed E-state index contributed by atoms with van der Waals surface area (Å²) >= 11 is 0. The van der Waals surface area contributed by atoms with E-state index in [0.29, 0.717) is 23.7 Å². The van der Waals surface area contributed by atoms with Crippen LogP contribution in [0.15, 0.2) is 54.7 Å². The van der Waals surface area contributed by atoms with Crippen molar-refractivity contribution >= 4 is 11.7 Å². The van der Waals surface area contributed by atoms with Gasteiger partial charge in [0.1, 0.15) is 17.3 Å². The van der Waals surface area contributed by atoms with Gasteiger partial charge in [-0.25, -0.2) is 4.98 Å². The summed E-state index contributed by atoms with van der Waals surface area (Å²) in [5, 5.41) is 15.9. The fraction of sp³-hybridized carbons (Fsp3) is 0.208. The van der Waals surface area contributed by atoms with E-state index >= 15 is 0 Å². The number of nitrogens with one attached hydrogen (secondary N) is 1. The Bertz CT molecular complexity index is 1350. The Labute approximate surface area is 190 Å². The van der Waals surface area contributed by atoms with Crippen LogP contribution in [-0.2, 0) is 4.79 Å². The molecule has 0 saturated heterocycles. The van der Waals surface area contributed by atoms with Gasteiger partial charge in [-0.15, -0.1) is 5.10 Å². The summed E-state index contributed by atoms with van der Waals surface area (Å²) in [6, 6.07) is 15.3. The molecule has 4 aromatic rings. The van der Waals surface area contributed by atoms with Gasteiger partial charge in [0.15, 0.2) is 0 Å². The van der Waals surface area contributed by atoms with Gasteiger partial charge in [-0.2, -0.15) is 14.9 Å². The maximum Gasteiger partial charge on any atom is 0.272 e. The molecule has 1 unspecified atom stereocenters. The number of aromatic nitrogens is 5. The molecule has 9 nitrogen and oxygen atoms in total. The molecule has 2 aromatic heterocycles. The predicted octanol–water partition coefficient (Wildman–Crippen LogP) is 3.52. The summed E-state index contributed by atoms with van der Waals surface area (Å²) in [7, 11) is 3.24. The molecular formula is C24H22N6O3. The van der Waals surface area contributed by atoms with Crippen molar-refractivity contribution in [1.29, 1.82) is 0 Å². The first-order chi connectivity index (χ1) is 16.1. The van der Waals surface area contributed by atoms with Crippen molar-refractivity contribution in [3.8, 4) is 28.7 Å². The zero-order valence-electron chi connectivity index (χ0n) is 18.4. The molecule has 2 aromatic carbocycles. The molecule has 1 aliphatic heterocycles. The number of fused-ring (bicyclic) bond motifs is 1. The van der Waals surface area contributed by atoms with Crippen molar-refractivity contribution in [3.63, 3.8) is 0 Å². The van der Waals surface area contributed by atoms with E-state index in [1.165, 1.54) is 0 Å². The van der Waals surface area contributed by atoms with Gasteiger partial charge >= 0.3 is 0 Å². The van der Waals surface area contributed by atoms with Crippen LogP contribution < -0.4 is 14.8 Å². The molecule has 1 atom stereocenters. The van der Waals surface area contributed by atoms with E-state index in [2.05, 4.69) is 25.6 Å². The van der Waals surface area contributed by atoms with Crippen LogP contribution in [0.4, 0.5) is 5.82 Å². The number of amides is 1. The number of rotatable bonds is 5. The summed E-state index contributed by atoms with van der Waals surface area (Å²) in [6.45, 7) is 1.92. The highest BCUT2D eigenvalue weighted by atomic mass is 16.5. The highest BCUT2D eigenvalue weighted by Crippen LogP contribution is 2.40. The SMILES string of the molecule is COc1cccc(-c2cnnc(-n3nc(C)c4c3NC(=O)CC4c3cccc(OC)c3)n2)c1. The summed E-state index contributed by atoms with van der Waals surface area (Å²) in [5.74, 6) is 2.02. The zero-order chi connectivity index (χ0) is 22.9. The number of anilines is 1. The third-order valence-corrected chi connectivity index (χ3v) is 5.70. The molecule has 0 radical (unpaired) electrons. The van der Waals surface area contributed by atoms with E-state index in [1.807, 2.05) is 55.5 Å². The van der Waals surface area contributed by atoms with Crippen LogP contribution in [0.25, 0.3) is 17.2 Å². The van der Waals surface area contributed by atoms with Crippen LogP contribution in [0.5, 0.6) is 11.5 Å². The van der Waals surface area contributed by atoms with Crippen LogP contribution in [0.3, 0.4) is 0 Å². The Kier molecular flexibility index (Phi) is 5.21. The topological polar surface area (TPSA) is 104 Å². The maximum absolute atomic E-state index is 12.7. The van der Waals surface area contributed by atoms with Crippen molar-refractivity contribution in [2.24, 2.45) is 0 Å². The average molecular weight is 442 g/mol. The minimum atomic E-state index is -0.160. The van der Waals surface area contributed by atoms with Crippen molar-refractivity contribution in [3.05, 3.63) is 71.5 Å². The summed E-state index contributed by atoms with van der Waals surface area (Å²) < 4.78 is 12.2. The normalized spacial score (nSPS) is 15.0. The third kappa shape index (κ3) is 3.78. The fourth-order valence-electron chi connectivity index (χ4n) is 4.14. The minimum absolute atomic E-state index is 0.103. The first-order valence-corrected chi connectivity index (χ1v) is 10.4. The molecule has 0 fully saturated rings. The number of methoxy groups -OCH3 is 2. The molecule has 0 aliphatic carbocycles. The quantitative estimate of drug-likeness (QED) is 0.504. The Balaban J connectivity index is 1.60. The van der Waals surface area contributed by atoms with Crippen LogP contribution >= 0.6 is 0 Å². The zero-order valence-corrected chi connectivity index (χ0v) is 18.4. The van der Waals surface area contributed by atoms with Gasteiger partial charge in [-0.3, -0.25) is 4.79 Å². The van der Waals surface area contributed by atoms with Gasteiger partial charge in [-0.1, -0.05) is 24.3 Å². The molecule has 1 amide bonds. The van der Waals surface area contributed by atoms with Crippen molar-refractivity contribution < 1.29 is 14.3 Å². The maximum atomic E-state index is 12.7. The number of nitrogens with zero attached hydrogens (tertiary/aromatic N) is 5. The van der Waals surface area contributed by atoms with E-state index < -0.39 is 0 Å². The number of ether oxygens (including phenoxy) is 2. The number of hydrogen-bond acceptors (Lipinski definition) is 7. The molecule has 0 saturated carbocycles. The fourth-order valence-corrected chi connectivity index (χ4v) is 4.14. The Hall–Kier alpha value is -4.27. The van der Waals surface area contributed by atoms with Crippen LogP contribution in [-0.4, -0.2) is 45.1 Å². The number of carbonyl (C=O) groups is 1. The molecule has 1 aliphatic rings. The lowest BCUT2D eigenvalue weighted by atomic mass is 9.86. The van der Waals surface area contributed by atoms with Crippen molar-refractivity contribution in [2.75, 3.05) is 19.5 Å². The second-order valence-corrected chi connectivity index (χ2v) is 7.71. The van der Waals surface area contributed by atoms with Crippen LogP contribution in [0.1, 0.15) is 29.2 Å². The van der Waals surface area contributed by atoms with E-state index in [9.17, 15) is 4.79 Å². The molecule has 0 spiro atoms. The minimum Gasteiger partial charge on any atom is -0.497 e. The number of aryl methyl sites for hydroxylation is 1. The highest BCUT2D eigenvalue weighted by Gasteiger charge is 2.33. The molecule has 0 bridgehead atoms. The molecule has 3 heterocycles. The summed E-state index contributed by atoms with van der Waals surface area (Å²) in [5.41, 5.74) is 4.15. The first-order valence-electron chi connectivity index (χ1n) is 10.4. The summed E-state index contributed by atoms with van der Waals surface area (Å²) in [4.78, 5) is 17.3. The van der Waals surface area contributed by atoms with Gasteiger partial charge in [0.2, 0.25) is 5.91 Å². The summed E-state index contributed by atoms with van der Waals surface area (Å²) in [6.07, 6.45) is 1.90. The Morgan fingerprint density at radius 1 is 1.06 bits per heavy atom. The lowest BCUT2D eigenvalue weighted by Gasteiger charge is -2.24. The standard InChI is InChI=1S/C24H22N6O3/c1-14-22-19(15-6-4-8-17(10-15)32-2)12-21(31)27-23(22)30(29-14)24-26-20(13-25-28-24)16-7-5-9-18(11-16)33-3/h4-11,13,19H,12H2,1-3H3,(H,27,31). The van der Waals surface area contributed by atoms with E-state index in [0.717, 1.165) is 28.1 Å². The monoisotopic (exact) mass is 442 g/mol. The van der Waals surface area contributed by atoms with Gasteiger partial charge in [0.25, 0.3) is 5.95 Å². The highest BCUT2D eigenvalue weighted by molar-refractivity contribution is 5.95. The van der Waals surface area contributed by atoms with Crippen molar-refractivity contribution in [1.82, 2.24) is 25.0 Å². The van der Waals surface area contributed by atoms with Gasteiger partial charge < -0.3 is 14.8 Å². The van der Waals surface area contributed by atoms with E-state index in [-0.39, 0.29) is 17.8 Å². The van der Waals surface area contributed by atoms with Gasteiger partial charge in [0.05, 0.1) is 31.8 Å². The number of hydrogen-bond donors (Lipinski definition) is 1. The predicted molar refractivity (Wildman–Crippen MR) is 122 cm³/mol. The average Bonchev–Trinajstić information content (AvgIpc) is 3.19. The first kappa shape index (κ1) is 20.6. The molecule has 5 rings (SSSR count). The number of carbonyl (C=O) groups excluding carboxylic acids is 1. The van der Waals surface area contributed by atoms with Gasteiger partial charge in [-0.05, 0) is 36.8 Å². The Morgan fingerprint density at radius 2 is 1.82 bits per heavy atom. The van der Waals surface area contributed by atoms with E-state index in [4.69, 9.17) is 9.47 Å². The Morgan fingerprint density at radius 3 is 2.61 bits per heavy atom. The molecule has 1 N–H and O–H groups in total. The van der Waals surface area contributed by atoms with Gasteiger partial charge in [0, 0.05) is 23.5 Å². The van der Waals surface area contributed by atoms with Crippen molar-refractivity contribution in [2.45, 2.75) is 19.3 Å². The van der Waals surface area contributed by atoms with Crippen LogP contribution in [0.2, 0.25) is 0 Å². The smallest absolute Gasteiger partial charge is 0.272 e. The second kappa shape index (κ2) is 8.34. The lowest BCUT2D eigenvalue weighted by molar-refractivity contribution is -0.116.